The van der Waals surface area contributed by atoms with E-state index in [2.05, 4.69) is 5.32 Å². The number of rotatable bonds is 3. The molecule has 0 aromatic heterocycles. The first-order valence-corrected chi connectivity index (χ1v) is 9.13. The molecule has 2 aliphatic rings. The van der Waals surface area contributed by atoms with Gasteiger partial charge in [-0.15, -0.1) is 0 Å². The molecule has 21 heavy (non-hydrogen) atoms. The minimum absolute atomic E-state index is 0.0950. The molecule has 2 N–H and O–H groups in total. The molecular weight excluding hydrogens is 288 g/mol. The van der Waals surface area contributed by atoms with Crippen LogP contribution in [0.2, 0.25) is 0 Å². The van der Waals surface area contributed by atoms with Crippen molar-refractivity contribution >= 4 is 23.8 Å². The SMILES string of the molecule is O=C(NCC1(C(=O)O)CCCCCC1)N1CCCSCC1. The maximum absolute atomic E-state index is 12.3. The van der Waals surface area contributed by atoms with Crippen LogP contribution in [0.4, 0.5) is 4.79 Å². The van der Waals surface area contributed by atoms with E-state index >= 15 is 0 Å². The summed E-state index contributed by atoms with van der Waals surface area (Å²) in [5, 5.41) is 12.5. The van der Waals surface area contributed by atoms with Gasteiger partial charge in [0.2, 0.25) is 0 Å². The highest BCUT2D eigenvalue weighted by Crippen LogP contribution is 2.34. The molecule has 2 amide bonds. The van der Waals surface area contributed by atoms with Crippen LogP contribution in [0.3, 0.4) is 0 Å². The number of carboxylic acid groups (broad SMARTS) is 1. The predicted molar refractivity (Wildman–Crippen MR) is 84.7 cm³/mol. The normalized spacial score (nSPS) is 23.0. The number of thioether (sulfide) groups is 1. The molecule has 0 aromatic rings. The molecule has 0 unspecified atom stereocenters. The number of aliphatic carboxylic acids is 1. The first kappa shape index (κ1) is 16.5. The molecule has 0 aromatic carbocycles. The van der Waals surface area contributed by atoms with Crippen LogP contribution in [0.25, 0.3) is 0 Å². The van der Waals surface area contributed by atoms with Crippen molar-refractivity contribution < 1.29 is 14.7 Å². The fourth-order valence-electron chi connectivity index (χ4n) is 3.18. The zero-order chi connectivity index (χ0) is 15.1. The number of hydrogen-bond acceptors (Lipinski definition) is 3. The Morgan fingerprint density at radius 3 is 2.43 bits per heavy atom. The highest BCUT2D eigenvalue weighted by atomic mass is 32.2. The second-order valence-corrected chi connectivity index (χ2v) is 7.34. The molecule has 2 rings (SSSR count). The zero-order valence-corrected chi connectivity index (χ0v) is 13.4. The van der Waals surface area contributed by atoms with E-state index in [1.54, 1.807) is 0 Å². The average molecular weight is 314 g/mol. The molecule has 1 saturated heterocycles. The van der Waals surface area contributed by atoms with Crippen molar-refractivity contribution in [3.05, 3.63) is 0 Å². The van der Waals surface area contributed by atoms with Crippen LogP contribution in [0.15, 0.2) is 0 Å². The van der Waals surface area contributed by atoms with Gasteiger partial charge in [0.1, 0.15) is 0 Å². The quantitative estimate of drug-likeness (QED) is 0.786. The molecule has 0 atom stereocenters. The summed E-state index contributed by atoms with van der Waals surface area (Å²) in [5.74, 6) is 1.32. The fraction of sp³-hybridized carbons (Fsp3) is 0.867. The number of amides is 2. The first-order valence-electron chi connectivity index (χ1n) is 7.98. The van der Waals surface area contributed by atoms with Crippen molar-refractivity contribution in [1.82, 2.24) is 10.2 Å². The lowest BCUT2D eigenvalue weighted by atomic mass is 9.80. The predicted octanol–water partition coefficient (Wildman–Crippen LogP) is 2.56. The van der Waals surface area contributed by atoms with Crippen molar-refractivity contribution in [3.63, 3.8) is 0 Å². The van der Waals surface area contributed by atoms with E-state index in [1.807, 2.05) is 16.7 Å². The summed E-state index contributed by atoms with van der Waals surface area (Å²) in [5.41, 5.74) is -0.757. The number of urea groups is 1. The molecule has 1 aliphatic carbocycles. The minimum atomic E-state index is -0.757. The number of nitrogens with one attached hydrogen (secondary N) is 1. The Balaban J connectivity index is 1.91. The van der Waals surface area contributed by atoms with E-state index in [4.69, 9.17) is 0 Å². The lowest BCUT2D eigenvalue weighted by Crippen LogP contribution is -2.48. The van der Waals surface area contributed by atoms with Gasteiger partial charge in [-0.3, -0.25) is 4.79 Å². The standard InChI is InChI=1S/C15H26N2O3S/c18-13(19)15(6-3-1-2-4-7-15)12-16-14(20)17-8-5-10-21-11-9-17/h1-12H2,(H,16,20)(H,18,19). The highest BCUT2D eigenvalue weighted by Gasteiger charge is 2.39. The van der Waals surface area contributed by atoms with Gasteiger partial charge in [0.15, 0.2) is 0 Å². The second-order valence-electron chi connectivity index (χ2n) is 6.11. The van der Waals surface area contributed by atoms with Gasteiger partial charge >= 0.3 is 12.0 Å². The minimum Gasteiger partial charge on any atom is -0.481 e. The largest absolute Gasteiger partial charge is 0.481 e. The second kappa shape index (κ2) is 7.92. The van der Waals surface area contributed by atoms with E-state index in [1.165, 1.54) is 0 Å². The van der Waals surface area contributed by atoms with Crippen LogP contribution >= 0.6 is 11.8 Å². The molecule has 5 nitrogen and oxygen atoms in total. The van der Waals surface area contributed by atoms with Crippen LogP contribution in [0.5, 0.6) is 0 Å². The van der Waals surface area contributed by atoms with Crippen molar-refractivity contribution in [3.8, 4) is 0 Å². The van der Waals surface area contributed by atoms with Gasteiger partial charge in [-0.25, -0.2) is 4.79 Å². The molecule has 6 heteroatoms. The van der Waals surface area contributed by atoms with Gasteiger partial charge < -0.3 is 15.3 Å². The van der Waals surface area contributed by atoms with E-state index in [9.17, 15) is 14.7 Å². The van der Waals surface area contributed by atoms with Crippen molar-refractivity contribution in [1.29, 1.82) is 0 Å². The van der Waals surface area contributed by atoms with Crippen LogP contribution in [0, 0.1) is 5.41 Å². The van der Waals surface area contributed by atoms with Crippen LogP contribution < -0.4 is 5.32 Å². The van der Waals surface area contributed by atoms with Crippen LogP contribution in [-0.2, 0) is 4.79 Å². The van der Waals surface area contributed by atoms with Crippen LogP contribution in [-0.4, -0.2) is 53.1 Å². The summed E-state index contributed by atoms with van der Waals surface area (Å²) < 4.78 is 0. The molecule has 2 fully saturated rings. The lowest BCUT2D eigenvalue weighted by Gasteiger charge is -2.30. The van der Waals surface area contributed by atoms with E-state index in [0.29, 0.717) is 12.8 Å². The smallest absolute Gasteiger partial charge is 0.317 e. The Morgan fingerprint density at radius 2 is 1.76 bits per heavy atom. The third kappa shape index (κ3) is 4.53. The fourth-order valence-corrected chi connectivity index (χ4v) is 4.06. The summed E-state index contributed by atoms with van der Waals surface area (Å²) in [4.78, 5) is 25.8. The van der Waals surface area contributed by atoms with Gasteiger partial charge in [-0.05, 0) is 25.0 Å². The summed E-state index contributed by atoms with van der Waals surface area (Å²) in [6.07, 6.45) is 6.47. The van der Waals surface area contributed by atoms with Crippen molar-refractivity contribution in [2.75, 3.05) is 31.1 Å². The molecule has 1 heterocycles. The van der Waals surface area contributed by atoms with E-state index in [0.717, 1.165) is 56.7 Å². The maximum atomic E-state index is 12.3. The molecule has 0 radical (unpaired) electrons. The summed E-state index contributed by atoms with van der Waals surface area (Å²) >= 11 is 1.87. The zero-order valence-electron chi connectivity index (χ0n) is 12.6. The van der Waals surface area contributed by atoms with Gasteiger partial charge in [-0.1, -0.05) is 25.7 Å². The monoisotopic (exact) mass is 314 g/mol. The Bertz CT molecular complexity index is 360. The van der Waals surface area contributed by atoms with E-state index < -0.39 is 11.4 Å². The van der Waals surface area contributed by atoms with Crippen LogP contribution in [0.1, 0.15) is 44.9 Å². The molecule has 1 saturated carbocycles. The number of hydrogen-bond donors (Lipinski definition) is 2. The van der Waals surface area contributed by atoms with Gasteiger partial charge in [0, 0.05) is 25.4 Å². The molecule has 0 spiro atoms. The van der Waals surface area contributed by atoms with Crippen molar-refractivity contribution in [2.45, 2.75) is 44.9 Å². The van der Waals surface area contributed by atoms with Gasteiger partial charge in [0.05, 0.1) is 5.41 Å². The number of carboxylic acids is 1. The Hall–Kier alpha value is -0.910. The third-order valence-electron chi connectivity index (χ3n) is 4.60. The average Bonchev–Trinajstić information content (AvgIpc) is 2.88. The topological polar surface area (TPSA) is 69.6 Å². The van der Waals surface area contributed by atoms with Crippen molar-refractivity contribution in [2.24, 2.45) is 5.41 Å². The highest BCUT2D eigenvalue weighted by molar-refractivity contribution is 7.99. The summed E-state index contributed by atoms with van der Waals surface area (Å²) in [7, 11) is 0. The van der Waals surface area contributed by atoms with Gasteiger partial charge in [-0.2, -0.15) is 11.8 Å². The Kier molecular flexibility index (Phi) is 6.21. The summed E-state index contributed by atoms with van der Waals surface area (Å²) in [6, 6.07) is -0.0950. The summed E-state index contributed by atoms with van der Waals surface area (Å²) in [6.45, 7) is 1.81. The van der Waals surface area contributed by atoms with E-state index in [-0.39, 0.29) is 12.6 Å². The molecule has 0 bridgehead atoms. The molecule has 1 aliphatic heterocycles. The molecule has 120 valence electrons. The number of nitrogens with zero attached hydrogens (tertiary/aromatic N) is 1. The third-order valence-corrected chi connectivity index (χ3v) is 5.65. The number of carbonyl (C=O) groups excluding carboxylic acids is 1. The Labute approximate surface area is 130 Å². The molecular formula is C15H26N2O3S. The maximum Gasteiger partial charge on any atom is 0.317 e. The van der Waals surface area contributed by atoms with Gasteiger partial charge in [0.25, 0.3) is 0 Å². The Morgan fingerprint density at radius 1 is 1.05 bits per heavy atom. The lowest BCUT2D eigenvalue weighted by molar-refractivity contribution is -0.149. The first-order chi connectivity index (χ1) is 10.1. The number of carbonyl (C=O) groups is 2.